The maximum atomic E-state index is 12.2. The van der Waals surface area contributed by atoms with Gasteiger partial charge in [-0.15, -0.1) is 0 Å². The summed E-state index contributed by atoms with van der Waals surface area (Å²) in [5, 5.41) is 2.90. The van der Waals surface area contributed by atoms with E-state index in [1.807, 2.05) is 13.8 Å². The molecule has 1 aromatic rings. The molecule has 0 unspecified atom stereocenters. The molecule has 1 rings (SSSR count). The number of halogens is 3. The molecule has 0 aromatic carbocycles. The molecule has 98 valence electrons. The average Bonchev–Trinajstić information content (AvgIpc) is 2.62. The number of rotatable bonds is 5. The number of aromatic nitrogens is 2. The second kappa shape index (κ2) is 5.03. The maximum absolute atomic E-state index is 12.2. The van der Waals surface area contributed by atoms with E-state index in [0.717, 1.165) is 6.42 Å². The Kier molecular flexibility index (Phi) is 4.13. The molecule has 0 fully saturated rings. The molecule has 4 nitrogen and oxygen atoms in total. The summed E-state index contributed by atoms with van der Waals surface area (Å²) in [7, 11) is 0. The molecule has 0 aliphatic heterocycles. The first-order valence-corrected chi connectivity index (χ1v) is 5.34. The van der Waals surface area contributed by atoms with Gasteiger partial charge in [-0.25, -0.2) is 0 Å². The van der Waals surface area contributed by atoms with E-state index in [1.54, 1.807) is 0 Å². The van der Waals surface area contributed by atoms with Crippen LogP contribution in [-0.4, -0.2) is 16.7 Å². The minimum Gasteiger partial charge on any atom is -0.339 e. The lowest BCUT2D eigenvalue weighted by molar-refractivity contribution is -0.146. The van der Waals surface area contributed by atoms with Crippen LogP contribution < -0.4 is 5.73 Å². The molecule has 0 bridgehead atoms. The third-order valence-electron chi connectivity index (χ3n) is 2.56. The van der Waals surface area contributed by atoms with Crippen molar-refractivity contribution in [3.8, 4) is 0 Å². The van der Waals surface area contributed by atoms with Crippen molar-refractivity contribution in [3.05, 3.63) is 11.7 Å². The molecule has 0 spiro atoms. The van der Waals surface area contributed by atoms with Crippen LogP contribution in [0.5, 0.6) is 0 Å². The standard InChI is InChI=1S/C10H16F3N3O/c1-9(2,5-6-14)4-3-7-15-8(16-17-7)10(11,12)13/h3-6,14H2,1-2H3. The molecule has 2 N–H and O–H groups in total. The highest BCUT2D eigenvalue weighted by molar-refractivity contribution is 4.91. The largest absolute Gasteiger partial charge is 0.455 e. The summed E-state index contributed by atoms with van der Waals surface area (Å²) >= 11 is 0. The maximum Gasteiger partial charge on any atom is 0.455 e. The zero-order chi connectivity index (χ0) is 13.1. The third-order valence-corrected chi connectivity index (χ3v) is 2.56. The minimum absolute atomic E-state index is 0.0161. The summed E-state index contributed by atoms with van der Waals surface area (Å²) in [6, 6.07) is 0. The van der Waals surface area contributed by atoms with E-state index in [4.69, 9.17) is 5.73 Å². The molecule has 1 heterocycles. The van der Waals surface area contributed by atoms with Crippen LogP contribution in [0, 0.1) is 5.41 Å². The molecule has 0 saturated carbocycles. The summed E-state index contributed by atoms with van der Waals surface area (Å²) in [5.41, 5.74) is 5.40. The molecular weight excluding hydrogens is 235 g/mol. The molecule has 7 heteroatoms. The quantitative estimate of drug-likeness (QED) is 0.872. The van der Waals surface area contributed by atoms with Crippen LogP contribution in [0.15, 0.2) is 4.52 Å². The fourth-order valence-corrected chi connectivity index (χ4v) is 1.43. The lowest BCUT2D eigenvalue weighted by Crippen LogP contribution is -2.18. The Hall–Kier alpha value is -1.11. The number of nitrogens with two attached hydrogens (primary N) is 1. The molecule has 0 amide bonds. The van der Waals surface area contributed by atoms with Crippen molar-refractivity contribution >= 4 is 0 Å². The van der Waals surface area contributed by atoms with Crippen LogP contribution in [0.1, 0.15) is 38.4 Å². The smallest absolute Gasteiger partial charge is 0.339 e. The van der Waals surface area contributed by atoms with Crippen LogP contribution >= 0.6 is 0 Å². The fourth-order valence-electron chi connectivity index (χ4n) is 1.43. The van der Waals surface area contributed by atoms with Crippen molar-refractivity contribution < 1.29 is 17.7 Å². The van der Waals surface area contributed by atoms with Crippen LogP contribution in [0.4, 0.5) is 13.2 Å². The van der Waals surface area contributed by atoms with E-state index in [1.165, 1.54) is 0 Å². The first-order chi connectivity index (χ1) is 7.74. The fraction of sp³-hybridized carbons (Fsp3) is 0.800. The predicted octanol–water partition coefficient (Wildman–Crippen LogP) is 2.40. The van der Waals surface area contributed by atoms with Gasteiger partial charge in [0, 0.05) is 6.42 Å². The van der Waals surface area contributed by atoms with Gasteiger partial charge in [0.25, 0.3) is 5.82 Å². The van der Waals surface area contributed by atoms with Gasteiger partial charge in [-0.1, -0.05) is 19.0 Å². The predicted molar refractivity (Wildman–Crippen MR) is 55.1 cm³/mol. The first kappa shape index (κ1) is 14.0. The van der Waals surface area contributed by atoms with Crippen LogP contribution in [-0.2, 0) is 12.6 Å². The lowest BCUT2D eigenvalue weighted by atomic mass is 9.84. The highest BCUT2D eigenvalue weighted by Gasteiger charge is 2.37. The summed E-state index contributed by atoms with van der Waals surface area (Å²) in [6.45, 7) is 4.55. The van der Waals surface area contributed by atoms with Crippen LogP contribution in [0.25, 0.3) is 0 Å². The normalized spacial score (nSPS) is 13.1. The van der Waals surface area contributed by atoms with Gasteiger partial charge >= 0.3 is 6.18 Å². The number of nitrogens with zero attached hydrogens (tertiary/aromatic N) is 2. The van der Waals surface area contributed by atoms with Gasteiger partial charge in [0.15, 0.2) is 0 Å². The van der Waals surface area contributed by atoms with Gasteiger partial charge < -0.3 is 10.3 Å². The number of alkyl halides is 3. The monoisotopic (exact) mass is 251 g/mol. The molecule has 0 atom stereocenters. The lowest BCUT2D eigenvalue weighted by Gasteiger charge is -2.22. The van der Waals surface area contributed by atoms with Gasteiger partial charge in [-0.3, -0.25) is 0 Å². The zero-order valence-electron chi connectivity index (χ0n) is 9.84. The topological polar surface area (TPSA) is 64.9 Å². The Morgan fingerprint density at radius 3 is 2.35 bits per heavy atom. The van der Waals surface area contributed by atoms with Gasteiger partial charge in [-0.05, 0) is 24.8 Å². The molecule has 17 heavy (non-hydrogen) atoms. The number of hydrogen-bond acceptors (Lipinski definition) is 4. The Morgan fingerprint density at radius 2 is 1.88 bits per heavy atom. The molecule has 0 saturated heterocycles. The molecule has 0 aliphatic rings. The second-order valence-corrected chi connectivity index (χ2v) is 4.71. The van der Waals surface area contributed by atoms with E-state index in [9.17, 15) is 13.2 Å². The van der Waals surface area contributed by atoms with E-state index < -0.39 is 12.0 Å². The van der Waals surface area contributed by atoms with Crippen molar-refractivity contribution in [2.24, 2.45) is 11.1 Å². The summed E-state index contributed by atoms with van der Waals surface area (Å²) in [6.07, 6.45) is -2.76. The zero-order valence-corrected chi connectivity index (χ0v) is 9.84. The molecule has 0 radical (unpaired) electrons. The number of hydrogen-bond donors (Lipinski definition) is 1. The molecular formula is C10H16F3N3O. The van der Waals surface area contributed by atoms with Crippen molar-refractivity contribution in [1.29, 1.82) is 0 Å². The molecule has 1 aromatic heterocycles. The summed E-state index contributed by atoms with van der Waals surface area (Å²) < 4.78 is 41.1. The van der Waals surface area contributed by atoms with Gasteiger partial charge in [-0.2, -0.15) is 18.2 Å². The highest BCUT2D eigenvalue weighted by atomic mass is 19.4. The van der Waals surface area contributed by atoms with Gasteiger partial charge in [0.1, 0.15) is 0 Å². The van der Waals surface area contributed by atoms with Gasteiger partial charge in [0.2, 0.25) is 5.89 Å². The average molecular weight is 251 g/mol. The summed E-state index contributed by atoms with van der Waals surface area (Å²) in [4.78, 5) is 3.31. The third kappa shape index (κ3) is 4.33. The van der Waals surface area contributed by atoms with E-state index in [2.05, 4.69) is 14.7 Å². The van der Waals surface area contributed by atoms with Crippen molar-refractivity contribution in [2.75, 3.05) is 6.54 Å². The number of aryl methyl sites for hydroxylation is 1. The van der Waals surface area contributed by atoms with Crippen LogP contribution in [0.2, 0.25) is 0 Å². The first-order valence-electron chi connectivity index (χ1n) is 5.34. The van der Waals surface area contributed by atoms with E-state index in [0.29, 0.717) is 19.4 Å². The highest BCUT2D eigenvalue weighted by Crippen LogP contribution is 2.28. The van der Waals surface area contributed by atoms with Crippen LogP contribution in [0.3, 0.4) is 0 Å². The van der Waals surface area contributed by atoms with Crippen molar-refractivity contribution in [2.45, 2.75) is 39.3 Å². The van der Waals surface area contributed by atoms with Gasteiger partial charge in [0.05, 0.1) is 0 Å². The Bertz CT molecular complexity index is 360. The Morgan fingerprint density at radius 1 is 1.24 bits per heavy atom. The van der Waals surface area contributed by atoms with E-state index in [-0.39, 0.29) is 11.3 Å². The molecule has 0 aliphatic carbocycles. The second-order valence-electron chi connectivity index (χ2n) is 4.71. The van der Waals surface area contributed by atoms with E-state index >= 15 is 0 Å². The Labute approximate surface area is 97.4 Å². The Balaban J connectivity index is 2.56. The van der Waals surface area contributed by atoms with Crippen molar-refractivity contribution in [3.63, 3.8) is 0 Å². The summed E-state index contributed by atoms with van der Waals surface area (Å²) in [5.74, 6) is -1.20. The van der Waals surface area contributed by atoms with Crippen molar-refractivity contribution in [1.82, 2.24) is 10.1 Å². The minimum atomic E-state index is -4.55. The SMILES string of the molecule is CC(C)(CCN)CCc1nc(C(F)(F)F)no1.